The summed E-state index contributed by atoms with van der Waals surface area (Å²) in [6, 6.07) is 5.60. The van der Waals surface area contributed by atoms with Gasteiger partial charge in [-0.1, -0.05) is 70.4 Å². The van der Waals surface area contributed by atoms with Gasteiger partial charge in [-0.05, 0) is 85.8 Å². The van der Waals surface area contributed by atoms with Gasteiger partial charge in [0, 0.05) is 6.61 Å². The van der Waals surface area contributed by atoms with E-state index in [1.54, 1.807) is 6.07 Å². The summed E-state index contributed by atoms with van der Waals surface area (Å²) in [5.74, 6) is 3.70. The van der Waals surface area contributed by atoms with Crippen molar-refractivity contribution in [1.82, 2.24) is 0 Å². The molecule has 2 aliphatic carbocycles. The number of rotatable bonds is 10. The molecule has 0 bridgehead atoms. The first-order valence-electron chi connectivity index (χ1n) is 12.6. The fourth-order valence-electron chi connectivity index (χ4n) is 6.02. The highest BCUT2D eigenvalue weighted by Gasteiger charge is 2.30. The van der Waals surface area contributed by atoms with Crippen molar-refractivity contribution in [2.45, 2.75) is 103 Å². The quantitative estimate of drug-likeness (QED) is 0.402. The van der Waals surface area contributed by atoms with Gasteiger partial charge in [-0.3, -0.25) is 0 Å². The van der Waals surface area contributed by atoms with Crippen LogP contribution < -0.4 is 0 Å². The lowest BCUT2D eigenvalue weighted by molar-refractivity contribution is 0.140. The van der Waals surface area contributed by atoms with Crippen molar-refractivity contribution in [3.8, 4) is 0 Å². The summed E-state index contributed by atoms with van der Waals surface area (Å²) in [7, 11) is 0. The van der Waals surface area contributed by atoms with Crippen LogP contribution in [0.4, 0.5) is 4.39 Å². The summed E-state index contributed by atoms with van der Waals surface area (Å²) in [4.78, 5) is 0. The van der Waals surface area contributed by atoms with E-state index >= 15 is 0 Å². The second-order valence-corrected chi connectivity index (χ2v) is 10.00. The van der Waals surface area contributed by atoms with Crippen LogP contribution in [0.25, 0.3) is 0 Å². The normalized spacial score (nSPS) is 27.8. The second-order valence-electron chi connectivity index (χ2n) is 10.00. The van der Waals surface area contributed by atoms with Gasteiger partial charge in [0.05, 0.1) is 0 Å². The number of hydrogen-bond acceptors (Lipinski definition) is 1. The third-order valence-electron chi connectivity index (χ3n) is 8.01. The Kier molecular flexibility index (Phi) is 9.49. The molecule has 0 radical (unpaired) electrons. The summed E-state index contributed by atoms with van der Waals surface area (Å²) in [5, 5.41) is 8.99. The molecule has 0 heterocycles. The third kappa shape index (κ3) is 7.09. The Labute approximate surface area is 178 Å². The summed E-state index contributed by atoms with van der Waals surface area (Å²) in [6.07, 6.45) is 19.9. The number of aryl methyl sites for hydroxylation is 1. The first kappa shape index (κ1) is 22.8. The van der Waals surface area contributed by atoms with Crippen molar-refractivity contribution in [3.63, 3.8) is 0 Å². The smallest absolute Gasteiger partial charge is 0.126 e. The lowest BCUT2D eigenvalue weighted by atomic mass is 9.68. The van der Waals surface area contributed by atoms with Crippen LogP contribution in [0.2, 0.25) is 0 Å². The molecule has 0 aliphatic heterocycles. The van der Waals surface area contributed by atoms with Gasteiger partial charge in [-0.25, -0.2) is 4.39 Å². The van der Waals surface area contributed by atoms with Gasteiger partial charge in [0.25, 0.3) is 0 Å². The Hall–Kier alpha value is -0.890. The summed E-state index contributed by atoms with van der Waals surface area (Å²) < 4.78 is 14.1. The lowest BCUT2D eigenvalue weighted by Crippen LogP contribution is -2.26. The van der Waals surface area contributed by atoms with Gasteiger partial charge in [0.2, 0.25) is 0 Å². The van der Waals surface area contributed by atoms with Crippen molar-refractivity contribution in [2.24, 2.45) is 23.7 Å². The van der Waals surface area contributed by atoms with Crippen LogP contribution in [0.3, 0.4) is 0 Å². The first-order chi connectivity index (χ1) is 14.2. The van der Waals surface area contributed by atoms with Gasteiger partial charge in [0.15, 0.2) is 0 Å². The zero-order chi connectivity index (χ0) is 20.5. The minimum Gasteiger partial charge on any atom is -0.396 e. The molecule has 2 heteroatoms. The molecule has 2 saturated carbocycles. The van der Waals surface area contributed by atoms with Gasteiger partial charge in [-0.15, -0.1) is 0 Å². The number of benzene rings is 1. The molecule has 0 saturated heterocycles. The van der Waals surface area contributed by atoms with E-state index in [-0.39, 0.29) is 12.4 Å². The minimum absolute atomic E-state index is 0.0139. The summed E-state index contributed by atoms with van der Waals surface area (Å²) in [5.41, 5.74) is 1.75. The average molecular weight is 403 g/mol. The molecule has 29 heavy (non-hydrogen) atoms. The van der Waals surface area contributed by atoms with Crippen LogP contribution >= 0.6 is 0 Å². The van der Waals surface area contributed by atoms with Crippen LogP contribution in [0.1, 0.15) is 102 Å². The maximum atomic E-state index is 14.1. The lowest BCUT2D eigenvalue weighted by Gasteiger charge is -2.38. The molecule has 0 aromatic heterocycles. The molecule has 2 aliphatic rings. The molecule has 164 valence electrons. The molecule has 2 fully saturated rings. The number of unbranched alkanes of at least 4 members (excludes halogenated alkanes) is 2. The largest absolute Gasteiger partial charge is 0.396 e. The zero-order valence-corrected chi connectivity index (χ0v) is 18.7. The summed E-state index contributed by atoms with van der Waals surface area (Å²) >= 11 is 0. The fraction of sp³-hybridized carbons (Fsp3) is 0.778. The van der Waals surface area contributed by atoms with E-state index in [1.165, 1.54) is 83.5 Å². The summed E-state index contributed by atoms with van der Waals surface area (Å²) in [6.45, 7) is 2.32. The van der Waals surface area contributed by atoms with Crippen molar-refractivity contribution in [2.75, 3.05) is 6.61 Å². The van der Waals surface area contributed by atoms with E-state index in [2.05, 4.69) is 13.0 Å². The van der Waals surface area contributed by atoms with E-state index in [0.29, 0.717) is 12.0 Å². The Morgan fingerprint density at radius 2 is 1.45 bits per heavy atom. The molecule has 0 amide bonds. The van der Waals surface area contributed by atoms with Crippen LogP contribution in [0.15, 0.2) is 18.2 Å². The maximum Gasteiger partial charge on any atom is 0.126 e. The third-order valence-corrected chi connectivity index (χ3v) is 8.01. The molecular formula is C27H43FO. The predicted molar refractivity (Wildman–Crippen MR) is 121 cm³/mol. The zero-order valence-electron chi connectivity index (χ0n) is 18.7. The van der Waals surface area contributed by atoms with E-state index < -0.39 is 0 Å². The van der Waals surface area contributed by atoms with Crippen LogP contribution in [0.5, 0.6) is 0 Å². The highest BCUT2D eigenvalue weighted by Crippen LogP contribution is 2.43. The second kappa shape index (κ2) is 12.1. The Bertz CT molecular complexity index is 582. The van der Waals surface area contributed by atoms with Crippen molar-refractivity contribution in [1.29, 1.82) is 0 Å². The molecule has 1 N–H and O–H groups in total. The monoisotopic (exact) mass is 402 g/mol. The highest BCUT2D eigenvalue weighted by atomic mass is 19.1. The molecule has 0 spiro atoms. The highest BCUT2D eigenvalue weighted by molar-refractivity contribution is 5.24. The molecule has 0 atom stereocenters. The topological polar surface area (TPSA) is 20.2 Å². The van der Waals surface area contributed by atoms with E-state index in [9.17, 15) is 4.39 Å². The first-order valence-corrected chi connectivity index (χ1v) is 12.6. The van der Waals surface area contributed by atoms with Crippen molar-refractivity contribution >= 4 is 0 Å². The Morgan fingerprint density at radius 1 is 0.828 bits per heavy atom. The van der Waals surface area contributed by atoms with Crippen LogP contribution in [0, 0.1) is 29.5 Å². The maximum absolute atomic E-state index is 14.1. The number of aliphatic hydroxyl groups is 1. The van der Waals surface area contributed by atoms with E-state index in [1.807, 2.05) is 6.07 Å². The average Bonchev–Trinajstić information content (AvgIpc) is 2.75. The van der Waals surface area contributed by atoms with Gasteiger partial charge in [0.1, 0.15) is 5.82 Å². The van der Waals surface area contributed by atoms with Gasteiger partial charge < -0.3 is 5.11 Å². The van der Waals surface area contributed by atoms with Crippen molar-refractivity contribution < 1.29 is 9.50 Å². The van der Waals surface area contributed by atoms with Crippen LogP contribution in [-0.4, -0.2) is 11.7 Å². The number of halogens is 1. The Morgan fingerprint density at radius 3 is 2.00 bits per heavy atom. The molecule has 1 aromatic rings. The SMILES string of the molecule is CCCCCC1CCC(C2CCC(CCc3ccc(CCO)c(F)c3)CC2)CC1. The fourth-order valence-corrected chi connectivity index (χ4v) is 6.02. The predicted octanol–water partition coefficient (Wildman–Crippen LogP) is 7.49. The molecule has 1 aromatic carbocycles. The molecular weight excluding hydrogens is 359 g/mol. The molecule has 0 unspecified atom stereocenters. The standard InChI is InChI=1S/C27H43FO/c1-2-3-4-5-21-8-13-24(14-9-21)25-15-10-22(11-16-25)6-7-23-12-17-26(18-19-29)27(28)20-23/h12,17,20-22,24-25,29H,2-11,13-16,18-19H2,1H3. The van der Waals surface area contributed by atoms with Gasteiger partial charge >= 0.3 is 0 Å². The van der Waals surface area contributed by atoms with Crippen molar-refractivity contribution in [3.05, 3.63) is 35.1 Å². The number of hydrogen-bond donors (Lipinski definition) is 1. The molecule has 1 nitrogen and oxygen atoms in total. The van der Waals surface area contributed by atoms with E-state index in [0.717, 1.165) is 35.7 Å². The van der Waals surface area contributed by atoms with Gasteiger partial charge in [-0.2, -0.15) is 0 Å². The minimum atomic E-state index is -0.148. The van der Waals surface area contributed by atoms with E-state index in [4.69, 9.17) is 5.11 Å². The van der Waals surface area contributed by atoms with Crippen LogP contribution in [-0.2, 0) is 12.8 Å². The molecule has 3 rings (SSSR count). The number of aliphatic hydroxyl groups excluding tert-OH is 1. The Balaban J connectivity index is 1.34.